The second kappa shape index (κ2) is 11.0. The van der Waals surface area contributed by atoms with Gasteiger partial charge in [0.05, 0.1) is 5.75 Å². The number of benzene rings is 2. The normalized spacial score (nSPS) is 11.8. The Morgan fingerprint density at radius 1 is 1.11 bits per heavy atom. The van der Waals surface area contributed by atoms with Crippen LogP contribution in [0.3, 0.4) is 0 Å². The molecular formula is C20H21Cl3N2O2S. The Bertz CT molecular complexity index is 848. The van der Waals surface area contributed by atoms with Gasteiger partial charge in [0.1, 0.15) is 6.04 Å². The largest absolute Gasteiger partial charge is 0.357 e. The van der Waals surface area contributed by atoms with Crippen molar-refractivity contribution >= 4 is 58.4 Å². The van der Waals surface area contributed by atoms with E-state index in [1.165, 1.54) is 16.7 Å². The summed E-state index contributed by atoms with van der Waals surface area (Å²) < 4.78 is 0. The van der Waals surface area contributed by atoms with E-state index in [0.717, 1.165) is 11.1 Å². The molecule has 0 aliphatic carbocycles. The summed E-state index contributed by atoms with van der Waals surface area (Å²) in [5, 5.41) is 4.23. The van der Waals surface area contributed by atoms with Crippen molar-refractivity contribution in [3.05, 3.63) is 68.7 Å². The van der Waals surface area contributed by atoms with Gasteiger partial charge in [-0.15, -0.1) is 11.8 Å². The number of amides is 2. The fourth-order valence-corrected chi connectivity index (χ4v) is 4.13. The number of nitrogens with one attached hydrogen (secondary N) is 1. The molecule has 1 N–H and O–H groups in total. The van der Waals surface area contributed by atoms with Crippen molar-refractivity contribution in [2.24, 2.45) is 0 Å². The number of carbonyl (C=O) groups is 2. The zero-order valence-corrected chi connectivity index (χ0v) is 18.6. The van der Waals surface area contributed by atoms with E-state index in [-0.39, 0.29) is 24.1 Å². The summed E-state index contributed by atoms with van der Waals surface area (Å²) in [7, 11) is 1.55. The molecule has 2 rings (SSSR count). The number of nitrogens with zero attached hydrogens (tertiary/aromatic N) is 1. The van der Waals surface area contributed by atoms with E-state index in [1.807, 2.05) is 24.3 Å². The topological polar surface area (TPSA) is 49.4 Å². The molecule has 2 amide bonds. The zero-order chi connectivity index (χ0) is 20.7. The third-order valence-electron chi connectivity index (χ3n) is 4.15. The maximum atomic E-state index is 12.9. The Morgan fingerprint density at radius 3 is 2.46 bits per heavy atom. The van der Waals surface area contributed by atoms with Crippen LogP contribution in [0, 0.1) is 0 Å². The molecule has 2 aromatic carbocycles. The van der Waals surface area contributed by atoms with Crippen LogP contribution < -0.4 is 5.32 Å². The van der Waals surface area contributed by atoms with Crippen molar-refractivity contribution in [2.45, 2.75) is 25.3 Å². The lowest BCUT2D eigenvalue weighted by molar-refractivity contribution is -0.138. The van der Waals surface area contributed by atoms with E-state index < -0.39 is 6.04 Å². The maximum absolute atomic E-state index is 12.9. The van der Waals surface area contributed by atoms with Crippen LogP contribution in [0.4, 0.5) is 0 Å². The Labute approximate surface area is 184 Å². The number of halogens is 3. The summed E-state index contributed by atoms with van der Waals surface area (Å²) in [5.74, 6) is 0.502. The molecular weight excluding hydrogens is 439 g/mol. The molecule has 0 radical (unpaired) electrons. The Kier molecular flexibility index (Phi) is 8.96. The van der Waals surface area contributed by atoms with Gasteiger partial charge in [0, 0.05) is 34.4 Å². The number of hydrogen-bond acceptors (Lipinski definition) is 3. The van der Waals surface area contributed by atoms with Crippen LogP contribution >= 0.6 is 46.6 Å². The van der Waals surface area contributed by atoms with E-state index >= 15 is 0 Å². The monoisotopic (exact) mass is 458 g/mol. The minimum atomic E-state index is -0.629. The number of thioether (sulfide) groups is 1. The first kappa shape index (κ1) is 22.9. The first-order valence-corrected chi connectivity index (χ1v) is 10.9. The standard InChI is InChI=1S/C20H21Cl3N2O2S/c1-13(20(27)24-2)25(10-15-6-7-17(22)9-18(15)23)19(26)12-28-11-14-4-3-5-16(21)8-14/h3-9,13H,10-12H2,1-2H3,(H,24,27)/t13-/m0/s1. The molecule has 0 unspecified atom stereocenters. The average molecular weight is 460 g/mol. The van der Waals surface area contributed by atoms with E-state index in [2.05, 4.69) is 5.32 Å². The van der Waals surface area contributed by atoms with E-state index in [0.29, 0.717) is 20.8 Å². The molecule has 0 aliphatic heterocycles. The summed E-state index contributed by atoms with van der Waals surface area (Å²) in [6, 6.07) is 12.0. The quantitative estimate of drug-likeness (QED) is 0.601. The number of rotatable bonds is 8. The maximum Gasteiger partial charge on any atom is 0.242 e. The summed E-state index contributed by atoms with van der Waals surface area (Å²) in [6.45, 7) is 1.92. The molecule has 2 aromatic rings. The lowest BCUT2D eigenvalue weighted by Gasteiger charge is -2.28. The zero-order valence-electron chi connectivity index (χ0n) is 15.5. The molecule has 0 spiro atoms. The molecule has 28 heavy (non-hydrogen) atoms. The molecule has 0 saturated heterocycles. The van der Waals surface area contributed by atoms with Gasteiger partial charge in [-0.05, 0) is 42.3 Å². The molecule has 0 heterocycles. The summed E-state index contributed by atoms with van der Waals surface area (Å²) in [6.07, 6.45) is 0. The highest BCUT2D eigenvalue weighted by atomic mass is 35.5. The van der Waals surface area contributed by atoms with Gasteiger partial charge in [0.15, 0.2) is 0 Å². The fraction of sp³-hybridized carbons (Fsp3) is 0.300. The SMILES string of the molecule is CNC(=O)[C@H](C)N(Cc1ccc(Cl)cc1Cl)C(=O)CSCc1cccc(Cl)c1. The van der Waals surface area contributed by atoms with E-state index in [4.69, 9.17) is 34.8 Å². The van der Waals surface area contributed by atoms with Crippen LogP contribution in [0.5, 0.6) is 0 Å². The third-order valence-corrected chi connectivity index (χ3v) is 5.96. The second-order valence-electron chi connectivity index (χ2n) is 6.17. The van der Waals surface area contributed by atoms with Crippen molar-refractivity contribution in [1.29, 1.82) is 0 Å². The first-order chi connectivity index (χ1) is 13.3. The second-order valence-corrected chi connectivity index (χ2v) is 8.44. The van der Waals surface area contributed by atoms with Crippen molar-refractivity contribution in [1.82, 2.24) is 10.2 Å². The van der Waals surface area contributed by atoms with Gasteiger partial charge in [-0.25, -0.2) is 0 Å². The van der Waals surface area contributed by atoms with Crippen LogP contribution in [0.15, 0.2) is 42.5 Å². The molecule has 1 atom stereocenters. The van der Waals surface area contributed by atoms with Crippen LogP contribution in [0.2, 0.25) is 15.1 Å². The number of carbonyl (C=O) groups excluding carboxylic acids is 2. The molecule has 0 aromatic heterocycles. The van der Waals surface area contributed by atoms with Gasteiger partial charge in [0.25, 0.3) is 0 Å². The van der Waals surface area contributed by atoms with Crippen LogP contribution in [-0.4, -0.2) is 35.6 Å². The average Bonchev–Trinajstić information content (AvgIpc) is 2.66. The van der Waals surface area contributed by atoms with Crippen molar-refractivity contribution in [3.63, 3.8) is 0 Å². The van der Waals surface area contributed by atoms with Crippen molar-refractivity contribution < 1.29 is 9.59 Å². The summed E-state index contributed by atoms with van der Waals surface area (Å²) in [4.78, 5) is 26.5. The van der Waals surface area contributed by atoms with E-state index in [9.17, 15) is 9.59 Å². The molecule has 8 heteroatoms. The highest BCUT2D eigenvalue weighted by molar-refractivity contribution is 7.99. The molecule has 0 saturated carbocycles. The van der Waals surface area contributed by atoms with Gasteiger partial charge in [-0.1, -0.05) is 53.0 Å². The lowest BCUT2D eigenvalue weighted by atomic mass is 10.1. The van der Waals surface area contributed by atoms with Crippen molar-refractivity contribution in [3.8, 4) is 0 Å². The summed E-state index contributed by atoms with van der Waals surface area (Å²) >= 11 is 19.7. The van der Waals surface area contributed by atoms with Gasteiger partial charge in [-0.2, -0.15) is 0 Å². The Hall–Kier alpha value is -1.40. The molecule has 0 fully saturated rings. The Morgan fingerprint density at radius 2 is 1.82 bits per heavy atom. The predicted octanol–water partition coefficient (Wildman–Crippen LogP) is 5.04. The summed E-state index contributed by atoms with van der Waals surface area (Å²) in [5.41, 5.74) is 1.77. The van der Waals surface area contributed by atoms with Gasteiger partial charge in [0.2, 0.25) is 11.8 Å². The van der Waals surface area contributed by atoms with Gasteiger partial charge >= 0.3 is 0 Å². The predicted molar refractivity (Wildman–Crippen MR) is 118 cm³/mol. The highest BCUT2D eigenvalue weighted by Gasteiger charge is 2.26. The molecule has 0 aliphatic rings. The van der Waals surface area contributed by atoms with Gasteiger partial charge in [-0.3, -0.25) is 9.59 Å². The van der Waals surface area contributed by atoms with E-state index in [1.54, 1.807) is 32.2 Å². The molecule has 150 valence electrons. The van der Waals surface area contributed by atoms with Crippen LogP contribution in [0.25, 0.3) is 0 Å². The third kappa shape index (κ3) is 6.59. The highest BCUT2D eigenvalue weighted by Crippen LogP contribution is 2.24. The molecule has 0 bridgehead atoms. The van der Waals surface area contributed by atoms with Crippen molar-refractivity contribution in [2.75, 3.05) is 12.8 Å². The number of hydrogen-bond donors (Lipinski definition) is 1. The Balaban J connectivity index is 2.09. The lowest BCUT2D eigenvalue weighted by Crippen LogP contribution is -2.47. The fourth-order valence-electron chi connectivity index (χ4n) is 2.59. The van der Waals surface area contributed by atoms with Crippen LogP contribution in [-0.2, 0) is 21.9 Å². The smallest absolute Gasteiger partial charge is 0.242 e. The first-order valence-electron chi connectivity index (χ1n) is 8.59. The van der Waals surface area contributed by atoms with Gasteiger partial charge < -0.3 is 10.2 Å². The van der Waals surface area contributed by atoms with Crippen LogP contribution in [0.1, 0.15) is 18.1 Å². The number of likely N-dealkylation sites (N-methyl/N-ethyl adjacent to an activating group) is 1. The minimum Gasteiger partial charge on any atom is -0.357 e. The minimum absolute atomic E-state index is 0.144. The molecule has 4 nitrogen and oxygen atoms in total.